The third-order valence-electron chi connectivity index (χ3n) is 3.45. The number of hydrogen-bond donors (Lipinski definition) is 0. The van der Waals surface area contributed by atoms with E-state index >= 15 is 0 Å². The van der Waals surface area contributed by atoms with E-state index in [0.717, 1.165) is 5.56 Å². The Morgan fingerprint density at radius 3 is 2.60 bits per heavy atom. The molecule has 0 aliphatic heterocycles. The highest BCUT2D eigenvalue weighted by atomic mass is 19.1. The lowest BCUT2D eigenvalue weighted by Crippen LogP contribution is -1.96. The van der Waals surface area contributed by atoms with E-state index in [0.29, 0.717) is 28.8 Å². The van der Waals surface area contributed by atoms with Gasteiger partial charge in [-0.1, -0.05) is 12.1 Å². The van der Waals surface area contributed by atoms with E-state index in [4.69, 9.17) is 13.6 Å². The average Bonchev–Trinajstić information content (AvgIpc) is 3.32. The van der Waals surface area contributed by atoms with Gasteiger partial charge in [0.15, 0.2) is 0 Å². The van der Waals surface area contributed by atoms with Gasteiger partial charge in [-0.05, 0) is 36.4 Å². The normalized spacial score (nSPS) is 10.8. The SMILES string of the molecule is Fc1cccc(-c2nc(COc3cccc(-c4nnco4)c3)co2)c1. The number of halogens is 1. The molecule has 6 nitrogen and oxygen atoms in total. The zero-order valence-electron chi connectivity index (χ0n) is 12.9. The van der Waals surface area contributed by atoms with Crippen molar-refractivity contribution in [2.24, 2.45) is 0 Å². The highest BCUT2D eigenvalue weighted by Crippen LogP contribution is 2.23. The lowest BCUT2D eigenvalue weighted by atomic mass is 10.2. The first-order valence-corrected chi connectivity index (χ1v) is 7.48. The molecule has 4 aromatic rings. The van der Waals surface area contributed by atoms with Gasteiger partial charge in [0.1, 0.15) is 30.1 Å². The third kappa shape index (κ3) is 3.40. The molecule has 0 fully saturated rings. The van der Waals surface area contributed by atoms with E-state index < -0.39 is 0 Å². The third-order valence-corrected chi connectivity index (χ3v) is 3.45. The van der Waals surface area contributed by atoms with Crippen LogP contribution in [0.15, 0.2) is 70.0 Å². The minimum absolute atomic E-state index is 0.214. The summed E-state index contributed by atoms with van der Waals surface area (Å²) in [5.74, 6) is 1.05. The van der Waals surface area contributed by atoms with Crippen LogP contribution in [0.4, 0.5) is 4.39 Å². The number of hydrogen-bond acceptors (Lipinski definition) is 6. The molecule has 0 saturated heterocycles. The topological polar surface area (TPSA) is 74.2 Å². The maximum absolute atomic E-state index is 13.3. The first kappa shape index (κ1) is 15.1. The Kier molecular flexibility index (Phi) is 3.96. The molecule has 0 bridgehead atoms. The lowest BCUT2D eigenvalue weighted by molar-refractivity contribution is 0.301. The summed E-state index contributed by atoms with van der Waals surface area (Å²) >= 11 is 0. The van der Waals surface area contributed by atoms with Crippen LogP contribution in [0, 0.1) is 5.82 Å². The van der Waals surface area contributed by atoms with Crippen LogP contribution in [-0.2, 0) is 6.61 Å². The van der Waals surface area contributed by atoms with Crippen molar-refractivity contribution in [1.29, 1.82) is 0 Å². The number of nitrogens with zero attached hydrogens (tertiary/aromatic N) is 3. The number of aromatic nitrogens is 3. The van der Waals surface area contributed by atoms with Gasteiger partial charge in [0.25, 0.3) is 0 Å². The molecule has 7 heteroatoms. The standard InChI is InChI=1S/C18H12FN3O3/c19-14-5-1-3-12(7-14)17-21-15(10-24-17)9-23-16-6-2-4-13(8-16)18-22-20-11-25-18/h1-8,10-11H,9H2. The Bertz CT molecular complexity index is 983. The molecule has 0 radical (unpaired) electrons. The number of rotatable bonds is 5. The number of benzene rings is 2. The monoisotopic (exact) mass is 337 g/mol. The summed E-state index contributed by atoms with van der Waals surface area (Å²) in [4.78, 5) is 4.31. The fraction of sp³-hybridized carbons (Fsp3) is 0.0556. The van der Waals surface area contributed by atoms with Crippen molar-refractivity contribution in [2.45, 2.75) is 6.61 Å². The molecule has 4 rings (SSSR count). The Morgan fingerprint density at radius 1 is 0.960 bits per heavy atom. The molecule has 124 valence electrons. The van der Waals surface area contributed by atoms with Crippen molar-refractivity contribution in [2.75, 3.05) is 0 Å². The fourth-order valence-electron chi connectivity index (χ4n) is 2.30. The van der Waals surface area contributed by atoms with Gasteiger partial charge in [0.05, 0.1) is 0 Å². The lowest BCUT2D eigenvalue weighted by Gasteiger charge is -2.04. The van der Waals surface area contributed by atoms with Crippen molar-refractivity contribution in [3.8, 4) is 28.7 Å². The van der Waals surface area contributed by atoms with Gasteiger partial charge in [-0.15, -0.1) is 10.2 Å². The van der Waals surface area contributed by atoms with E-state index in [1.54, 1.807) is 18.2 Å². The largest absolute Gasteiger partial charge is 0.487 e. The Hall–Kier alpha value is -3.48. The molecule has 0 unspecified atom stereocenters. The molecular formula is C18H12FN3O3. The van der Waals surface area contributed by atoms with Crippen LogP contribution in [-0.4, -0.2) is 15.2 Å². The summed E-state index contributed by atoms with van der Waals surface area (Å²) in [6.07, 6.45) is 2.76. The Balaban J connectivity index is 1.46. The van der Waals surface area contributed by atoms with Gasteiger partial charge in [-0.2, -0.15) is 0 Å². The Labute approximate surface area is 141 Å². The maximum Gasteiger partial charge on any atom is 0.247 e. The summed E-state index contributed by atoms with van der Waals surface area (Å²) in [5.41, 5.74) is 1.93. The van der Waals surface area contributed by atoms with Crippen molar-refractivity contribution in [3.05, 3.63) is 72.7 Å². The van der Waals surface area contributed by atoms with E-state index in [1.807, 2.05) is 18.2 Å². The smallest absolute Gasteiger partial charge is 0.247 e. The second-order valence-electron chi connectivity index (χ2n) is 5.21. The van der Waals surface area contributed by atoms with Crippen LogP contribution >= 0.6 is 0 Å². The molecule has 0 atom stereocenters. The average molecular weight is 337 g/mol. The molecule has 2 aromatic heterocycles. The van der Waals surface area contributed by atoms with E-state index in [-0.39, 0.29) is 12.4 Å². The minimum atomic E-state index is -0.341. The first-order valence-electron chi connectivity index (χ1n) is 7.48. The summed E-state index contributed by atoms with van der Waals surface area (Å²) in [7, 11) is 0. The Morgan fingerprint density at radius 2 is 1.80 bits per heavy atom. The van der Waals surface area contributed by atoms with Crippen molar-refractivity contribution < 1.29 is 18.0 Å². The van der Waals surface area contributed by atoms with Crippen LogP contribution in [0.2, 0.25) is 0 Å². The molecule has 0 aliphatic rings. The van der Waals surface area contributed by atoms with Crippen LogP contribution in [0.5, 0.6) is 5.75 Å². The van der Waals surface area contributed by atoms with Gasteiger partial charge >= 0.3 is 0 Å². The predicted molar refractivity (Wildman–Crippen MR) is 86.0 cm³/mol. The second-order valence-corrected chi connectivity index (χ2v) is 5.21. The van der Waals surface area contributed by atoms with Crippen molar-refractivity contribution in [1.82, 2.24) is 15.2 Å². The fourth-order valence-corrected chi connectivity index (χ4v) is 2.30. The molecule has 0 saturated carbocycles. The molecule has 2 aromatic carbocycles. The second kappa shape index (κ2) is 6.56. The first-order chi connectivity index (χ1) is 12.3. The predicted octanol–water partition coefficient (Wildman–Crippen LogP) is 4.11. The van der Waals surface area contributed by atoms with E-state index in [9.17, 15) is 4.39 Å². The molecule has 0 amide bonds. The number of oxazole rings is 1. The van der Waals surface area contributed by atoms with Gasteiger partial charge in [0.2, 0.25) is 18.2 Å². The summed E-state index contributed by atoms with van der Waals surface area (Å²) < 4.78 is 29.5. The molecule has 0 spiro atoms. The van der Waals surface area contributed by atoms with Gasteiger partial charge in [-0.25, -0.2) is 9.37 Å². The zero-order chi connectivity index (χ0) is 17.1. The summed E-state index contributed by atoms with van der Waals surface area (Å²) in [6, 6.07) is 13.3. The van der Waals surface area contributed by atoms with Crippen molar-refractivity contribution in [3.63, 3.8) is 0 Å². The summed E-state index contributed by atoms with van der Waals surface area (Å²) in [6.45, 7) is 0.214. The van der Waals surface area contributed by atoms with Crippen LogP contribution in [0.25, 0.3) is 22.9 Å². The van der Waals surface area contributed by atoms with Gasteiger partial charge < -0.3 is 13.6 Å². The van der Waals surface area contributed by atoms with Crippen molar-refractivity contribution >= 4 is 0 Å². The summed E-state index contributed by atoms with van der Waals surface area (Å²) in [5, 5.41) is 7.51. The molecule has 0 N–H and O–H groups in total. The van der Waals surface area contributed by atoms with Crippen LogP contribution in [0.1, 0.15) is 5.69 Å². The maximum atomic E-state index is 13.3. The van der Waals surface area contributed by atoms with E-state index in [1.165, 1.54) is 24.8 Å². The van der Waals surface area contributed by atoms with Crippen LogP contribution < -0.4 is 4.74 Å². The highest BCUT2D eigenvalue weighted by Gasteiger charge is 2.09. The quantitative estimate of drug-likeness (QED) is 0.545. The zero-order valence-corrected chi connectivity index (χ0v) is 12.9. The molecular weight excluding hydrogens is 325 g/mol. The van der Waals surface area contributed by atoms with Gasteiger partial charge in [0, 0.05) is 11.1 Å². The minimum Gasteiger partial charge on any atom is -0.487 e. The van der Waals surface area contributed by atoms with E-state index in [2.05, 4.69) is 15.2 Å². The van der Waals surface area contributed by atoms with Crippen LogP contribution in [0.3, 0.4) is 0 Å². The molecule has 25 heavy (non-hydrogen) atoms. The molecule has 0 aliphatic carbocycles. The molecule has 2 heterocycles. The number of ether oxygens (including phenoxy) is 1. The van der Waals surface area contributed by atoms with Gasteiger partial charge in [-0.3, -0.25) is 0 Å². The highest BCUT2D eigenvalue weighted by molar-refractivity contribution is 5.55.